The highest BCUT2D eigenvalue weighted by Crippen LogP contribution is 2.16. The SMILES string of the molecule is Cc1cn(Cc2ccc(Cl)cc2)nc1OCC#N. The number of ether oxygens (including phenoxy) is 1. The number of nitriles is 1. The Morgan fingerprint density at radius 1 is 1.39 bits per heavy atom. The van der Waals surface area contributed by atoms with E-state index in [1.807, 2.05) is 43.5 Å². The predicted molar refractivity (Wildman–Crippen MR) is 68.6 cm³/mol. The van der Waals surface area contributed by atoms with Gasteiger partial charge in [-0.2, -0.15) is 5.26 Å². The van der Waals surface area contributed by atoms with Crippen LogP contribution in [-0.4, -0.2) is 16.4 Å². The summed E-state index contributed by atoms with van der Waals surface area (Å²) in [7, 11) is 0. The number of nitrogens with zero attached hydrogens (tertiary/aromatic N) is 3. The third-order valence-corrected chi connectivity index (χ3v) is 2.68. The van der Waals surface area contributed by atoms with Gasteiger partial charge in [0.05, 0.1) is 6.54 Å². The van der Waals surface area contributed by atoms with Crippen molar-refractivity contribution in [1.82, 2.24) is 9.78 Å². The highest BCUT2D eigenvalue weighted by atomic mass is 35.5. The van der Waals surface area contributed by atoms with Crippen LogP contribution in [0, 0.1) is 18.3 Å². The average molecular weight is 262 g/mol. The molecule has 0 bridgehead atoms. The molecule has 1 heterocycles. The van der Waals surface area contributed by atoms with Crippen LogP contribution >= 0.6 is 11.6 Å². The van der Waals surface area contributed by atoms with Crippen LogP contribution in [0.3, 0.4) is 0 Å². The highest BCUT2D eigenvalue weighted by molar-refractivity contribution is 6.30. The molecule has 0 saturated carbocycles. The van der Waals surface area contributed by atoms with Crippen LogP contribution in [0.1, 0.15) is 11.1 Å². The topological polar surface area (TPSA) is 50.8 Å². The van der Waals surface area contributed by atoms with E-state index in [1.54, 1.807) is 4.68 Å². The zero-order valence-electron chi connectivity index (χ0n) is 9.93. The summed E-state index contributed by atoms with van der Waals surface area (Å²) < 4.78 is 6.99. The van der Waals surface area contributed by atoms with Crippen LogP contribution < -0.4 is 4.74 Å². The van der Waals surface area contributed by atoms with Gasteiger partial charge in [0, 0.05) is 16.8 Å². The number of rotatable bonds is 4. The van der Waals surface area contributed by atoms with Gasteiger partial charge in [0.1, 0.15) is 6.07 Å². The number of hydrogen-bond acceptors (Lipinski definition) is 3. The van der Waals surface area contributed by atoms with Crippen molar-refractivity contribution in [3.63, 3.8) is 0 Å². The molecule has 1 aromatic carbocycles. The summed E-state index contributed by atoms with van der Waals surface area (Å²) >= 11 is 5.83. The second kappa shape index (κ2) is 5.56. The van der Waals surface area contributed by atoms with E-state index in [9.17, 15) is 0 Å². The van der Waals surface area contributed by atoms with Gasteiger partial charge >= 0.3 is 0 Å². The largest absolute Gasteiger partial charge is 0.461 e. The first kappa shape index (κ1) is 12.5. The number of hydrogen-bond donors (Lipinski definition) is 0. The van der Waals surface area contributed by atoms with Crippen molar-refractivity contribution in [3.05, 3.63) is 46.6 Å². The van der Waals surface area contributed by atoms with Gasteiger partial charge in [0.2, 0.25) is 5.88 Å². The van der Waals surface area contributed by atoms with E-state index in [1.165, 1.54) is 0 Å². The molecule has 92 valence electrons. The van der Waals surface area contributed by atoms with Gasteiger partial charge < -0.3 is 4.74 Å². The number of benzene rings is 1. The molecule has 18 heavy (non-hydrogen) atoms. The van der Waals surface area contributed by atoms with E-state index in [4.69, 9.17) is 21.6 Å². The summed E-state index contributed by atoms with van der Waals surface area (Å²) in [4.78, 5) is 0. The predicted octanol–water partition coefficient (Wildman–Crippen LogP) is 2.80. The highest BCUT2D eigenvalue weighted by Gasteiger charge is 2.06. The molecule has 0 N–H and O–H groups in total. The minimum Gasteiger partial charge on any atom is -0.461 e. The molecule has 0 aliphatic rings. The molecular weight excluding hydrogens is 250 g/mol. The van der Waals surface area contributed by atoms with Crippen molar-refractivity contribution >= 4 is 11.6 Å². The first-order chi connectivity index (χ1) is 8.69. The van der Waals surface area contributed by atoms with Gasteiger partial charge in [0.15, 0.2) is 6.61 Å². The molecule has 0 aliphatic heterocycles. The van der Waals surface area contributed by atoms with Gasteiger partial charge in [-0.25, -0.2) is 0 Å². The molecule has 0 atom stereocenters. The van der Waals surface area contributed by atoms with Crippen LogP contribution in [0.5, 0.6) is 5.88 Å². The molecule has 0 aliphatic carbocycles. The summed E-state index contributed by atoms with van der Waals surface area (Å²) in [6.07, 6.45) is 1.89. The Hall–Kier alpha value is -1.99. The second-order valence-electron chi connectivity index (χ2n) is 3.89. The third-order valence-electron chi connectivity index (χ3n) is 2.43. The standard InChI is InChI=1S/C13H12ClN3O/c1-10-8-17(16-13(10)18-7-6-15)9-11-2-4-12(14)5-3-11/h2-5,8H,7,9H2,1H3. The first-order valence-electron chi connectivity index (χ1n) is 5.47. The molecule has 1 aromatic heterocycles. The summed E-state index contributed by atoms with van der Waals surface area (Å²) in [6, 6.07) is 9.52. The molecule has 0 radical (unpaired) electrons. The molecule has 5 heteroatoms. The minimum absolute atomic E-state index is 0.0127. The van der Waals surface area contributed by atoms with Crippen molar-refractivity contribution in [1.29, 1.82) is 5.26 Å². The molecule has 0 unspecified atom stereocenters. The zero-order valence-corrected chi connectivity index (χ0v) is 10.7. The van der Waals surface area contributed by atoms with Gasteiger partial charge in [-0.1, -0.05) is 23.7 Å². The molecule has 0 spiro atoms. The molecule has 2 rings (SSSR count). The average Bonchev–Trinajstić information content (AvgIpc) is 2.70. The number of aryl methyl sites for hydroxylation is 1. The Kier molecular flexibility index (Phi) is 3.85. The van der Waals surface area contributed by atoms with Crippen LogP contribution in [0.15, 0.2) is 30.5 Å². The van der Waals surface area contributed by atoms with E-state index in [0.717, 1.165) is 11.1 Å². The van der Waals surface area contributed by atoms with Crippen molar-refractivity contribution in [3.8, 4) is 11.9 Å². The van der Waals surface area contributed by atoms with Crippen molar-refractivity contribution < 1.29 is 4.74 Å². The van der Waals surface area contributed by atoms with Crippen LogP contribution in [0.4, 0.5) is 0 Å². The Labute approximate surface area is 110 Å². The fourth-order valence-corrected chi connectivity index (χ4v) is 1.73. The van der Waals surface area contributed by atoms with Gasteiger partial charge in [-0.3, -0.25) is 4.68 Å². The van der Waals surface area contributed by atoms with Crippen LogP contribution in [-0.2, 0) is 6.54 Å². The maximum Gasteiger partial charge on any atom is 0.236 e. The van der Waals surface area contributed by atoms with Gasteiger partial charge in [-0.15, -0.1) is 5.10 Å². The van der Waals surface area contributed by atoms with E-state index in [2.05, 4.69) is 5.10 Å². The minimum atomic E-state index is 0.0127. The maximum atomic E-state index is 8.46. The lowest BCUT2D eigenvalue weighted by Gasteiger charge is -2.01. The lowest BCUT2D eigenvalue weighted by Crippen LogP contribution is -2.01. The van der Waals surface area contributed by atoms with Gasteiger partial charge in [-0.05, 0) is 24.6 Å². The van der Waals surface area contributed by atoms with Crippen molar-refractivity contribution in [2.75, 3.05) is 6.61 Å². The zero-order chi connectivity index (χ0) is 13.0. The Morgan fingerprint density at radius 3 is 2.78 bits per heavy atom. The van der Waals surface area contributed by atoms with Crippen molar-refractivity contribution in [2.45, 2.75) is 13.5 Å². The molecule has 0 amide bonds. The monoisotopic (exact) mass is 261 g/mol. The molecule has 0 saturated heterocycles. The summed E-state index contributed by atoms with van der Waals surface area (Å²) in [6.45, 7) is 2.56. The molecular formula is C13H12ClN3O. The third kappa shape index (κ3) is 3.02. The van der Waals surface area contributed by atoms with Gasteiger partial charge in [0.25, 0.3) is 0 Å². The summed E-state index contributed by atoms with van der Waals surface area (Å²) in [5, 5.41) is 13.5. The first-order valence-corrected chi connectivity index (χ1v) is 5.85. The Bertz CT molecular complexity index is 569. The summed E-state index contributed by atoms with van der Waals surface area (Å²) in [5.74, 6) is 0.505. The fourth-order valence-electron chi connectivity index (χ4n) is 1.60. The number of aromatic nitrogens is 2. The van der Waals surface area contributed by atoms with Crippen LogP contribution in [0.2, 0.25) is 5.02 Å². The van der Waals surface area contributed by atoms with E-state index < -0.39 is 0 Å². The summed E-state index contributed by atoms with van der Waals surface area (Å²) in [5.41, 5.74) is 2.02. The quantitative estimate of drug-likeness (QED) is 0.850. The molecule has 4 nitrogen and oxygen atoms in total. The maximum absolute atomic E-state index is 8.46. The Balaban J connectivity index is 2.10. The molecule has 2 aromatic rings. The smallest absolute Gasteiger partial charge is 0.236 e. The van der Waals surface area contributed by atoms with Crippen LogP contribution in [0.25, 0.3) is 0 Å². The second-order valence-corrected chi connectivity index (χ2v) is 4.32. The van der Waals surface area contributed by atoms with E-state index in [0.29, 0.717) is 17.4 Å². The number of halogens is 1. The lowest BCUT2D eigenvalue weighted by molar-refractivity contribution is 0.345. The van der Waals surface area contributed by atoms with E-state index >= 15 is 0 Å². The fraction of sp³-hybridized carbons (Fsp3) is 0.231. The van der Waals surface area contributed by atoms with Crippen molar-refractivity contribution in [2.24, 2.45) is 0 Å². The normalized spacial score (nSPS) is 10.1. The molecule has 0 fully saturated rings. The van der Waals surface area contributed by atoms with E-state index in [-0.39, 0.29) is 6.61 Å². The lowest BCUT2D eigenvalue weighted by atomic mass is 10.2. The Morgan fingerprint density at radius 2 is 2.11 bits per heavy atom.